The van der Waals surface area contributed by atoms with Gasteiger partial charge in [0.2, 0.25) is 0 Å². The van der Waals surface area contributed by atoms with Crippen LogP contribution in [0, 0.1) is 53.3 Å². The highest BCUT2D eigenvalue weighted by atomic mass is 32.2. The van der Waals surface area contributed by atoms with Crippen LogP contribution in [0.2, 0.25) is 0 Å². The molecule has 9 atom stereocenters. The van der Waals surface area contributed by atoms with Gasteiger partial charge in [-0.2, -0.15) is 0 Å². The van der Waals surface area contributed by atoms with E-state index in [-0.39, 0.29) is 29.4 Å². The Morgan fingerprint density at radius 3 is 2.53 bits per heavy atom. The van der Waals surface area contributed by atoms with Crippen LogP contribution < -0.4 is 5.56 Å². The van der Waals surface area contributed by atoms with E-state index in [1.54, 1.807) is 0 Å². The maximum atomic E-state index is 13.0. The Hall–Kier alpha value is -1.91. The molecule has 0 spiro atoms. The number of hydrogen-bond acceptors (Lipinski definition) is 9. The third-order valence-corrected chi connectivity index (χ3v) is 14.6. The minimum atomic E-state index is -0.221. The number of hydrogen-bond donors (Lipinski definition) is 1. The number of aryl methyl sites for hydroxylation is 1. The molecule has 1 aromatic heterocycles. The van der Waals surface area contributed by atoms with E-state index in [2.05, 4.69) is 35.6 Å². The molecule has 9 nitrogen and oxygen atoms in total. The monoisotopic (exact) mass is 671 g/mol. The Bertz CT molecular complexity index is 1350. The average Bonchev–Trinajstić information content (AvgIpc) is 3.42. The minimum Gasteiger partial charge on any atom is -0.469 e. The first kappa shape index (κ1) is 34.9. The van der Waals surface area contributed by atoms with Gasteiger partial charge in [0.25, 0.3) is 5.56 Å². The third-order valence-electron chi connectivity index (χ3n) is 13.7. The zero-order valence-electron chi connectivity index (χ0n) is 29.3. The number of aromatic amines is 1. The van der Waals surface area contributed by atoms with Gasteiger partial charge in [0.05, 0.1) is 37.3 Å². The van der Waals surface area contributed by atoms with E-state index in [1.807, 2.05) is 6.92 Å². The number of methoxy groups -OCH3 is 1. The van der Waals surface area contributed by atoms with Crippen molar-refractivity contribution in [2.24, 2.45) is 46.3 Å². The predicted octanol–water partition coefficient (Wildman–Crippen LogP) is 6.16. The Balaban J connectivity index is 1.00. The van der Waals surface area contributed by atoms with Gasteiger partial charge in [-0.05, 0) is 117 Å². The van der Waals surface area contributed by atoms with Crippen LogP contribution in [-0.4, -0.2) is 72.1 Å². The molecule has 1 aromatic rings. The molecule has 1 saturated heterocycles. The topological polar surface area (TPSA) is 111 Å². The van der Waals surface area contributed by atoms with Crippen molar-refractivity contribution in [1.29, 1.82) is 0 Å². The molecule has 6 rings (SSSR count). The average molecular weight is 672 g/mol. The standard InChI is InChI=1S/C37H57N3O6S/c1-23(6-11-32(41)44-5)29-9-10-30-27-8-7-25-20-26(12-14-36(25,3)31(27)13-15-37(29,30)4)46-33(42)22-47-35-38-24(2)28(34(43)39-35)21-40-16-18-45-19-17-40/h23,25-27,29-31H,6-22H2,1-5H3,(H,38,39,43)/t23-,25+,26-,27+,29-,30+,31+,36+,37-/m1/s1. The van der Waals surface area contributed by atoms with Crippen molar-refractivity contribution in [2.45, 2.75) is 116 Å². The van der Waals surface area contributed by atoms with E-state index in [0.29, 0.717) is 71.2 Å². The number of nitrogens with one attached hydrogen (secondary N) is 1. The van der Waals surface area contributed by atoms with Crippen molar-refractivity contribution in [2.75, 3.05) is 39.2 Å². The maximum absolute atomic E-state index is 13.0. The second-order valence-corrected chi connectivity index (χ2v) is 16.9. The molecule has 0 unspecified atom stereocenters. The van der Waals surface area contributed by atoms with Gasteiger partial charge >= 0.3 is 11.9 Å². The fourth-order valence-corrected chi connectivity index (χ4v) is 11.8. The number of rotatable bonds is 10. The molecule has 5 aliphatic rings. The Morgan fingerprint density at radius 2 is 1.79 bits per heavy atom. The molecule has 4 saturated carbocycles. The first-order valence-corrected chi connectivity index (χ1v) is 19.3. The summed E-state index contributed by atoms with van der Waals surface area (Å²) < 4.78 is 16.4. The molecule has 262 valence electrons. The van der Waals surface area contributed by atoms with Crippen LogP contribution in [0.5, 0.6) is 0 Å². The molecular weight excluding hydrogens is 614 g/mol. The number of carbonyl (C=O) groups excluding carboxylic acids is 2. The van der Waals surface area contributed by atoms with Gasteiger partial charge in [-0.3, -0.25) is 19.3 Å². The van der Waals surface area contributed by atoms with E-state index in [1.165, 1.54) is 57.4 Å². The Morgan fingerprint density at radius 1 is 1.04 bits per heavy atom. The molecule has 1 aliphatic heterocycles. The van der Waals surface area contributed by atoms with E-state index in [9.17, 15) is 14.4 Å². The predicted molar refractivity (Wildman–Crippen MR) is 182 cm³/mol. The highest BCUT2D eigenvalue weighted by Crippen LogP contribution is 2.68. The van der Waals surface area contributed by atoms with Gasteiger partial charge in [0, 0.05) is 26.1 Å². The first-order chi connectivity index (χ1) is 22.5. The van der Waals surface area contributed by atoms with Gasteiger partial charge in [-0.1, -0.05) is 32.5 Å². The normalized spacial score (nSPS) is 36.1. The van der Waals surface area contributed by atoms with Crippen molar-refractivity contribution in [1.82, 2.24) is 14.9 Å². The molecule has 0 radical (unpaired) electrons. The second-order valence-electron chi connectivity index (χ2n) is 16.0. The molecule has 0 bridgehead atoms. The Kier molecular flexibility index (Phi) is 10.8. The first-order valence-electron chi connectivity index (χ1n) is 18.3. The lowest BCUT2D eigenvalue weighted by molar-refractivity contribution is -0.160. The lowest BCUT2D eigenvalue weighted by Gasteiger charge is -2.61. The summed E-state index contributed by atoms with van der Waals surface area (Å²) in [6.07, 6.45) is 12.2. The number of fused-ring (bicyclic) bond motifs is 5. The highest BCUT2D eigenvalue weighted by Gasteiger charge is 2.60. The molecular formula is C37H57N3O6S. The lowest BCUT2D eigenvalue weighted by atomic mass is 9.44. The number of thioether (sulfide) groups is 1. The van der Waals surface area contributed by atoms with E-state index < -0.39 is 0 Å². The van der Waals surface area contributed by atoms with Crippen LogP contribution in [0.1, 0.15) is 103 Å². The SMILES string of the molecule is COC(=O)CC[C@@H](C)[C@H]1CC[C@H]2[C@@H]3CC[C@H]4C[C@H](OC(=O)CSc5nc(C)c(CN6CCOCC6)c(=O)[nH]5)CC[C@]4(C)[C@H]3CC[C@]12C. The van der Waals surface area contributed by atoms with Crippen LogP contribution in [0.4, 0.5) is 0 Å². The fraction of sp³-hybridized carbons (Fsp3) is 0.838. The molecule has 0 aromatic carbocycles. The van der Waals surface area contributed by atoms with Gasteiger partial charge in [0.1, 0.15) is 6.10 Å². The third kappa shape index (κ3) is 7.21. The van der Waals surface area contributed by atoms with Crippen LogP contribution in [0.3, 0.4) is 0 Å². The van der Waals surface area contributed by atoms with E-state index >= 15 is 0 Å². The molecule has 4 aliphatic carbocycles. The molecule has 2 heterocycles. The van der Waals surface area contributed by atoms with Gasteiger partial charge < -0.3 is 19.2 Å². The maximum Gasteiger partial charge on any atom is 0.316 e. The molecule has 1 N–H and O–H groups in total. The second kappa shape index (κ2) is 14.5. The van der Waals surface area contributed by atoms with Crippen molar-refractivity contribution >= 4 is 23.7 Å². The highest BCUT2D eigenvalue weighted by molar-refractivity contribution is 7.99. The van der Waals surface area contributed by atoms with Gasteiger partial charge in [-0.15, -0.1) is 0 Å². The summed E-state index contributed by atoms with van der Waals surface area (Å²) in [5, 5.41) is 0.473. The number of esters is 2. The fourth-order valence-electron chi connectivity index (χ4n) is 11.1. The summed E-state index contributed by atoms with van der Waals surface area (Å²) in [5.41, 5.74) is 1.96. The summed E-state index contributed by atoms with van der Waals surface area (Å²) in [4.78, 5) is 47.4. The minimum absolute atomic E-state index is 0.0252. The number of ether oxygens (including phenoxy) is 3. The van der Waals surface area contributed by atoms with E-state index in [4.69, 9.17) is 14.2 Å². The van der Waals surface area contributed by atoms with Crippen molar-refractivity contribution < 1.29 is 23.8 Å². The zero-order chi connectivity index (χ0) is 33.3. The quantitative estimate of drug-likeness (QED) is 0.178. The number of morpholine rings is 1. The summed E-state index contributed by atoms with van der Waals surface area (Å²) >= 11 is 1.26. The molecule has 5 fully saturated rings. The summed E-state index contributed by atoms with van der Waals surface area (Å²) in [5.74, 6) is 4.03. The van der Waals surface area contributed by atoms with Crippen molar-refractivity contribution in [3.63, 3.8) is 0 Å². The molecule has 47 heavy (non-hydrogen) atoms. The van der Waals surface area contributed by atoms with E-state index in [0.717, 1.165) is 56.5 Å². The zero-order valence-corrected chi connectivity index (χ0v) is 30.1. The van der Waals surface area contributed by atoms with Crippen LogP contribution >= 0.6 is 11.8 Å². The number of aromatic nitrogens is 2. The van der Waals surface area contributed by atoms with Crippen molar-refractivity contribution in [3.05, 3.63) is 21.6 Å². The van der Waals surface area contributed by atoms with Crippen molar-refractivity contribution in [3.8, 4) is 0 Å². The number of carbonyl (C=O) groups is 2. The van der Waals surface area contributed by atoms with Gasteiger partial charge in [0.15, 0.2) is 5.16 Å². The van der Waals surface area contributed by atoms with Crippen LogP contribution in [0.25, 0.3) is 0 Å². The smallest absolute Gasteiger partial charge is 0.316 e. The van der Waals surface area contributed by atoms with Crippen LogP contribution in [-0.2, 0) is 30.3 Å². The van der Waals surface area contributed by atoms with Gasteiger partial charge in [-0.25, -0.2) is 4.98 Å². The Labute approximate surface area is 285 Å². The molecule has 10 heteroatoms. The number of nitrogens with zero attached hydrogens (tertiary/aromatic N) is 2. The number of H-pyrrole nitrogens is 1. The summed E-state index contributed by atoms with van der Waals surface area (Å²) in [7, 11) is 1.49. The summed E-state index contributed by atoms with van der Waals surface area (Å²) in [6, 6.07) is 0. The summed E-state index contributed by atoms with van der Waals surface area (Å²) in [6.45, 7) is 12.9. The van der Waals surface area contributed by atoms with Crippen LogP contribution in [0.15, 0.2) is 9.95 Å². The lowest BCUT2D eigenvalue weighted by Crippen LogP contribution is -2.54. The molecule has 0 amide bonds. The largest absolute Gasteiger partial charge is 0.469 e.